The molecule has 20 heavy (non-hydrogen) atoms. The first kappa shape index (κ1) is 13.6. The van der Waals surface area contributed by atoms with E-state index >= 15 is 0 Å². The maximum absolute atomic E-state index is 12.1. The molecule has 1 N–H and O–H groups in total. The van der Waals surface area contributed by atoms with Crippen LogP contribution in [0.5, 0.6) is 5.75 Å². The van der Waals surface area contributed by atoms with Gasteiger partial charge in [0.25, 0.3) is 0 Å². The van der Waals surface area contributed by atoms with Crippen molar-refractivity contribution in [2.75, 3.05) is 7.11 Å². The molecule has 1 aromatic carbocycles. The van der Waals surface area contributed by atoms with Crippen molar-refractivity contribution in [2.45, 2.75) is 41.8 Å². The summed E-state index contributed by atoms with van der Waals surface area (Å²) in [5.74, 6) is 0.631. The zero-order valence-corrected chi connectivity index (χ0v) is 12.2. The van der Waals surface area contributed by atoms with E-state index in [1.807, 2.05) is 0 Å². The Morgan fingerprint density at radius 1 is 1.40 bits per heavy atom. The molecule has 0 spiro atoms. The highest BCUT2D eigenvalue weighted by molar-refractivity contribution is 7.86. The smallest absolute Gasteiger partial charge is 0.119 e. The molecule has 2 heterocycles. The molecule has 0 saturated carbocycles. The molecule has 0 aliphatic carbocycles. The topological polar surface area (TPSA) is 70.3 Å². The number of rotatable bonds is 2. The highest BCUT2D eigenvalue weighted by atomic mass is 32.2. The van der Waals surface area contributed by atoms with E-state index in [-0.39, 0.29) is 10.5 Å². The fourth-order valence-electron chi connectivity index (χ4n) is 3.43. The monoisotopic (exact) mass is 291 g/mol. The molecule has 2 fully saturated rings. The molecular weight excluding hydrogens is 274 g/mol. The molecule has 0 radical (unpaired) electrons. The van der Waals surface area contributed by atoms with Crippen LogP contribution in [0.4, 0.5) is 0 Å². The van der Waals surface area contributed by atoms with Crippen LogP contribution in [-0.4, -0.2) is 26.9 Å². The number of nitriles is 1. The molecule has 106 valence electrons. The second kappa shape index (κ2) is 4.87. The van der Waals surface area contributed by atoms with Crippen molar-refractivity contribution in [1.82, 2.24) is 0 Å². The van der Waals surface area contributed by atoms with Gasteiger partial charge in [-0.05, 0) is 43.9 Å². The molecule has 2 aliphatic heterocycles. The lowest BCUT2D eigenvalue weighted by Crippen LogP contribution is -2.40. The summed E-state index contributed by atoms with van der Waals surface area (Å²) in [6.07, 6.45) is 2.76. The highest BCUT2D eigenvalue weighted by Crippen LogP contribution is 2.47. The Morgan fingerprint density at radius 3 is 2.60 bits per heavy atom. The minimum atomic E-state index is -1.06. The molecule has 2 unspecified atom stereocenters. The summed E-state index contributed by atoms with van der Waals surface area (Å²) >= 11 is 0. The Bertz CT molecular complexity index is 592. The average Bonchev–Trinajstić information content (AvgIpc) is 2.69. The Hall–Kier alpha value is -1.38. The first-order valence-corrected chi connectivity index (χ1v) is 8.05. The van der Waals surface area contributed by atoms with Crippen molar-refractivity contribution in [3.05, 3.63) is 29.3 Å². The largest absolute Gasteiger partial charge is 0.497 e. The number of methoxy groups -OCH3 is 1. The zero-order chi connectivity index (χ0) is 14.3. The highest BCUT2D eigenvalue weighted by Gasteiger charge is 2.49. The van der Waals surface area contributed by atoms with Crippen molar-refractivity contribution < 1.29 is 14.1 Å². The second-order valence-electron chi connectivity index (χ2n) is 5.61. The standard InChI is InChI=1S/C15H17NO3S/c1-19-11-3-2-10(9-16)14(6-11)15(17)7-12-4-5-13(8-15)20(12)18/h2-3,6,12-13,17H,4-5,7-8H2,1H3. The van der Waals surface area contributed by atoms with Crippen molar-refractivity contribution in [2.24, 2.45) is 0 Å². The van der Waals surface area contributed by atoms with E-state index in [9.17, 15) is 14.6 Å². The van der Waals surface area contributed by atoms with E-state index in [1.165, 1.54) is 0 Å². The van der Waals surface area contributed by atoms with Crippen LogP contribution >= 0.6 is 0 Å². The number of fused-ring (bicyclic) bond motifs is 2. The van der Waals surface area contributed by atoms with Crippen LogP contribution in [-0.2, 0) is 16.4 Å². The van der Waals surface area contributed by atoms with Gasteiger partial charge >= 0.3 is 0 Å². The van der Waals surface area contributed by atoms with Gasteiger partial charge in [0.15, 0.2) is 0 Å². The van der Waals surface area contributed by atoms with Crippen molar-refractivity contribution >= 4 is 10.8 Å². The summed E-state index contributed by atoms with van der Waals surface area (Å²) in [4.78, 5) is 0. The lowest BCUT2D eigenvalue weighted by atomic mass is 9.83. The van der Waals surface area contributed by atoms with Crippen molar-refractivity contribution in [3.63, 3.8) is 0 Å². The Balaban J connectivity index is 2.04. The predicted octanol–water partition coefficient (Wildman–Crippen LogP) is 1.83. The Morgan fingerprint density at radius 2 is 2.05 bits per heavy atom. The molecule has 0 amide bonds. The number of benzene rings is 1. The zero-order valence-electron chi connectivity index (χ0n) is 11.3. The van der Waals surface area contributed by atoms with Crippen molar-refractivity contribution in [1.29, 1.82) is 5.26 Å². The molecule has 0 aromatic heterocycles. The van der Waals surface area contributed by atoms with E-state index in [0.717, 1.165) is 12.8 Å². The molecule has 1 aromatic rings. The number of hydrogen-bond donors (Lipinski definition) is 1. The molecule has 2 atom stereocenters. The van der Waals surface area contributed by atoms with Gasteiger partial charge in [0, 0.05) is 26.9 Å². The predicted molar refractivity (Wildman–Crippen MR) is 75.8 cm³/mol. The number of aliphatic hydroxyl groups is 1. The minimum Gasteiger partial charge on any atom is -0.497 e. The van der Waals surface area contributed by atoms with Crippen LogP contribution in [0, 0.1) is 11.3 Å². The molecule has 2 aliphatic rings. The van der Waals surface area contributed by atoms with Gasteiger partial charge in [-0.3, -0.25) is 4.21 Å². The van der Waals surface area contributed by atoms with Crippen LogP contribution in [0.25, 0.3) is 0 Å². The summed E-state index contributed by atoms with van der Waals surface area (Å²) in [6, 6.07) is 7.28. The summed E-state index contributed by atoms with van der Waals surface area (Å²) < 4.78 is 17.3. The van der Waals surface area contributed by atoms with Gasteiger partial charge in [0.05, 0.1) is 24.3 Å². The fourth-order valence-corrected chi connectivity index (χ4v) is 5.60. The first-order valence-electron chi connectivity index (χ1n) is 6.78. The van der Waals surface area contributed by atoms with E-state index in [4.69, 9.17) is 4.74 Å². The quantitative estimate of drug-likeness (QED) is 0.902. The van der Waals surface area contributed by atoms with Crippen LogP contribution < -0.4 is 4.74 Å². The summed E-state index contributed by atoms with van der Waals surface area (Å²) in [7, 11) is 0.735. The number of ether oxygens (including phenoxy) is 1. The third-order valence-electron chi connectivity index (χ3n) is 4.45. The van der Waals surface area contributed by atoms with Gasteiger partial charge < -0.3 is 9.84 Å². The number of hydrogen-bond acceptors (Lipinski definition) is 4. The second-order valence-corrected chi connectivity index (χ2v) is 7.60. The van der Waals surface area contributed by atoms with Crippen LogP contribution in [0.15, 0.2) is 18.2 Å². The van der Waals surface area contributed by atoms with Gasteiger partial charge in [-0.2, -0.15) is 5.26 Å². The van der Waals surface area contributed by atoms with E-state index < -0.39 is 16.4 Å². The molecule has 2 saturated heterocycles. The van der Waals surface area contributed by atoms with Crippen LogP contribution in [0.1, 0.15) is 36.8 Å². The molecule has 2 bridgehead atoms. The maximum atomic E-state index is 12.1. The molecule has 3 rings (SSSR count). The normalized spacial score (nSPS) is 35.5. The maximum Gasteiger partial charge on any atom is 0.119 e. The Kier molecular flexibility index (Phi) is 3.31. The van der Waals surface area contributed by atoms with E-state index in [1.54, 1.807) is 25.3 Å². The van der Waals surface area contributed by atoms with Gasteiger partial charge in [-0.1, -0.05) is 0 Å². The summed E-state index contributed by atoms with van der Waals surface area (Å²) in [5, 5.41) is 20.4. The number of nitrogens with zero attached hydrogens (tertiary/aromatic N) is 1. The third-order valence-corrected chi connectivity index (χ3v) is 6.57. The van der Waals surface area contributed by atoms with Crippen LogP contribution in [0.3, 0.4) is 0 Å². The van der Waals surface area contributed by atoms with E-state index in [0.29, 0.717) is 29.7 Å². The van der Waals surface area contributed by atoms with Crippen LogP contribution in [0.2, 0.25) is 0 Å². The molecule has 5 heteroatoms. The first-order chi connectivity index (χ1) is 9.57. The Labute approximate surface area is 120 Å². The minimum absolute atomic E-state index is 0.0523. The average molecular weight is 291 g/mol. The van der Waals surface area contributed by atoms with Gasteiger partial charge in [0.1, 0.15) is 5.75 Å². The summed E-state index contributed by atoms with van der Waals surface area (Å²) in [5.41, 5.74) is 0.0348. The van der Waals surface area contributed by atoms with Gasteiger partial charge in [-0.25, -0.2) is 0 Å². The van der Waals surface area contributed by atoms with Crippen molar-refractivity contribution in [3.8, 4) is 11.8 Å². The van der Waals surface area contributed by atoms with E-state index in [2.05, 4.69) is 6.07 Å². The van der Waals surface area contributed by atoms with Gasteiger partial charge in [-0.15, -0.1) is 0 Å². The third kappa shape index (κ3) is 2.04. The summed E-state index contributed by atoms with van der Waals surface area (Å²) in [6.45, 7) is 0. The SMILES string of the molecule is COc1ccc(C#N)c(C2(O)CC3CCC(C2)S3=O)c1. The lowest BCUT2D eigenvalue weighted by Gasteiger charge is -2.36. The fraction of sp³-hybridized carbons (Fsp3) is 0.533. The molecule has 4 nitrogen and oxygen atoms in total. The van der Waals surface area contributed by atoms with Gasteiger partial charge in [0.2, 0.25) is 0 Å². The lowest BCUT2D eigenvalue weighted by molar-refractivity contribution is 0.0180. The molecular formula is C15H17NO3S.